The van der Waals surface area contributed by atoms with Gasteiger partial charge in [-0.3, -0.25) is 4.90 Å². The number of aliphatic hydroxyl groups excluding tert-OH is 1. The van der Waals surface area contributed by atoms with E-state index in [4.69, 9.17) is 4.42 Å². The van der Waals surface area contributed by atoms with Crippen molar-refractivity contribution in [3.8, 4) is 0 Å². The molecule has 1 saturated heterocycles. The molecule has 0 spiro atoms. The summed E-state index contributed by atoms with van der Waals surface area (Å²) in [6, 6.07) is 16.4. The molecular formula is C20H22N2O2. The standard InChI is InChI=1S/C20H22N2O2/c23-15-20(17-6-2-1-3-7-17)8-11-22(12-9-20)14-18-13-16-5-4-10-21-19(16)24-18/h1-7,10,13,23H,8-9,11-12,14-15H2. The lowest BCUT2D eigenvalue weighted by Gasteiger charge is -2.41. The largest absolute Gasteiger partial charge is 0.441 e. The van der Waals surface area contributed by atoms with Crippen LogP contribution in [-0.4, -0.2) is 34.7 Å². The molecule has 24 heavy (non-hydrogen) atoms. The summed E-state index contributed by atoms with van der Waals surface area (Å²) in [7, 11) is 0. The second kappa shape index (κ2) is 6.38. The fourth-order valence-corrected chi connectivity index (χ4v) is 3.69. The third-order valence-electron chi connectivity index (χ3n) is 5.23. The average molecular weight is 322 g/mol. The number of likely N-dealkylation sites (tertiary alicyclic amines) is 1. The molecule has 0 saturated carbocycles. The first-order chi connectivity index (χ1) is 11.8. The quantitative estimate of drug-likeness (QED) is 0.800. The van der Waals surface area contributed by atoms with Crippen molar-refractivity contribution >= 4 is 11.1 Å². The number of hydrogen-bond donors (Lipinski definition) is 1. The van der Waals surface area contributed by atoms with Gasteiger partial charge in [-0.1, -0.05) is 30.3 Å². The van der Waals surface area contributed by atoms with Crippen molar-refractivity contribution in [1.29, 1.82) is 0 Å². The Morgan fingerprint density at radius 3 is 2.58 bits per heavy atom. The van der Waals surface area contributed by atoms with Crippen LogP contribution in [0.3, 0.4) is 0 Å². The van der Waals surface area contributed by atoms with Crippen LogP contribution < -0.4 is 0 Å². The Morgan fingerprint density at radius 1 is 1.08 bits per heavy atom. The zero-order chi connectivity index (χ0) is 16.4. The van der Waals surface area contributed by atoms with E-state index in [-0.39, 0.29) is 12.0 Å². The van der Waals surface area contributed by atoms with Crippen molar-refractivity contribution in [2.45, 2.75) is 24.8 Å². The van der Waals surface area contributed by atoms with Crippen LogP contribution in [0.15, 0.2) is 59.1 Å². The molecule has 0 atom stereocenters. The van der Waals surface area contributed by atoms with Gasteiger partial charge in [-0.25, -0.2) is 4.98 Å². The van der Waals surface area contributed by atoms with Gasteiger partial charge in [0.1, 0.15) is 5.76 Å². The number of fused-ring (bicyclic) bond motifs is 1. The maximum absolute atomic E-state index is 10.0. The number of pyridine rings is 1. The molecule has 0 aliphatic carbocycles. The van der Waals surface area contributed by atoms with Crippen molar-refractivity contribution in [1.82, 2.24) is 9.88 Å². The second-order valence-electron chi connectivity index (χ2n) is 6.69. The van der Waals surface area contributed by atoms with Crippen LogP contribution in [-0.2, 0) is 12.0 Å². The van der Waals surface area contributed by atoms with E-state index >= 15 is 0 Å². The number of piperidine rings is 1. The zero-order valence-electron chi connectivity index (χ0n) is 13.7. The number of furan rings is 1. The lowest BCUT2D eigenvalue weighted by Crippen LogP contribution is -2.44. The van der Waals surface area contributed by atoms with E-state index in [0.717, 1.165) is 43.6 Å². The Balaban J connectivity index is 1.45. The summed E-state index contributed by atoms with van der Waals surface area (Å²) in [6.07, 6.45) is 3.68. The van der Waals surface area contributed by atoms with Crippen molar-refractivity contribution in [3.63, 3.8) is 0 Å². The van der Waals surface area contributed by atoms with Gasteiger partial charge >= 0.3 is 0 Å². The van der Waals surface area contributed by atoms with Gasteiger partial charge in [0.15, 0.2) is 0 Å². The fourth-order valence-electron chi connectivity index (χ4n) is 3.69. The molecule has 0 bridgehead atoms. The molecule has 3 aromatic rings. The highest BCUT2D eigenvalue weighted by molar-refractivity contribution is 5.73. The average Bonchev–Trinajstić information content (AvgIpc) is 3.05. The molecule has 0 radical (unpaired) electrons. The van der Waals surface area contributed by atoms with Gasteiger partial charge in [0.05, 0.1) is 13.2 Å². The van der Waals surface area contributed by atoms with Gasteiger partial charge in [0.25, 0.3) is 0 Å². The molecule has 4 nitrogen and oxygen atoms in total. The summed E-state index contributed by atoms with van der Waals surface area (Å²) in [5.41, 5.74) is 1.85. The molecular weight excluding hydrogens is 300 g/mol. The Bertz CT molecular complexity index is 772. The molecule has 1 fully saturated rings. The van der Waals surface area contributed by atoms with Gasteiger partial charge in [0, 0.05) is 17.0 Å². The van der Waals surface area contributed by atoms with Crippen LogP contribution in [0.2, 0.25) is 0 Å². The molecule has 1 N–H and O–H groups in total. The summed E-state index contributed by atoms with van der Waals surface area (Å²) in [5.74, 6) is 0.958. The molecule has 4 heteroatoms. The number of hydrogen-bond acceptors (Lipinski definition) is 4. The Kier molecular flexibility index (Phi) is 4.08. The lowest BCUT2D eigenvalue weighted by molar-refractivity contribution is 0.0939. The number of aromatic nitrogens is 1. The second-order valence-corrected chi connectivity index (χ2v) is 6.69. The smallest absolute Gasteiger partial charge is 0.226 e. The van der Waals surface area contributed by atoms with Crippen molar-refractivity contribution in [3.05, 3.63) is 66.1 Å². The Labute approximate surface area is 141 Å². The van der Waals surface area contributed by atoms with Crippen LogP contribution >= 0.6 is 0 Å². The number of rotatable bonds is 4. The van der Waals surface area contributed by atoms with Crippen LogP contribution in [0.1, 0.15) is 24.2 Å². The van der Waals surface area contributed by atoms with Gasteiger partial charge in [-0.05, 0) is 49.7 Å². The van der Waals surface area contributed by atoms with Crippen molar-refractivity contribution < 1.29 is 9.52 Å². The minimum Gasteiger partial charge on any atom is -0.441 e. The minimum atomic E-state index is -0.104. The maximum atomic E-state index is 10.0. The number of benzene rings is 1. The summed E-state index contributed by atoms with van der Waals surface area (Å²) in [6.45, 7) is 2.92. The third-order valence-corrected chi connectivity index (χ3v) is 5.23. The predicted octanol–water partition coefficient (Wildman–Crippen LogP) is 3.35. The fraction of sp³-hybridized carbons (Fsp3) is 0.350. The molecule has 124 valence electrons. The molecule has 3 heterocycles. The highest BCUT2D eigenvalue weighted by atomic mass is 16.3. The highest BCUT2D eigenvalue weighted by Gasteiger charge is 2.35. The topological polar surface area (TPSA) is 49.5 Å². The maximum Gasteiger partial charge on any atom is 0.226 e. The van der Waals surface area contributed by atoms with Gasteiger partial charge in [0.2, 0.25) is 5.71 Å². The SMILES string of the molecule is OCC1(c2ccccc2)CCN(Cc2cc3cccnc3o2)CC1. The number of nitrogens with zero attached hydrogens (tertiary/aromatic N) is 2. The van der Waals surface area contributed by atoms with Crippen LogP contribution in [0.5, 0.6) is 0 Å². The van der Waals surface area contributed by atoms with Gasteiger partial charge in [-0.15, -0.1) is 0 Å². The van der Waals surface area contributed by atoms with Crippen molar-refractivity contribution in [2.24, 2.45) is 0 Å². The molecule has 0 amide bonds. The lowest BCUT2D eigenvalue weighted by atomic mass is 9.73. The summed E-state index contributed by atoms with van der Waals surface area (Å²) in [5, 5.41) is 11.1. The molecule has 4 rings (SSSR count). The van der Waals surface area contributed by atoms with E-state index in [1.54, 1.807) is 6.20 Å². The van der Waals surface area contributed by atoms with Gasteiger partial charge < -0.3 is 9.52 Å². The summed E-state index contributed by atoms with van der Waals surface area (Å²) >= 11 is 0. The van der Waals surface area contributed by atoms with Gasteiger partial charge in [-0.2, -0.15) is 0 Å². The van der Waals surface area contributed by atoms with Crippen molar-refractivity contribution in [2.75, 3.05) is 19.7 Å². The Morgan fingerprint density at radius 2 is 1.88 bits per heavy atom. The first-order valence-electron chi connectivity index (χ1n) is 8.51. The summed E-state index contributed by atoms with van der Waals surface area (Å²) in [4.78, 5) is 6.65. The van der Waals surface area contributed by atoms with Crippen LogP contribution in [0, 0.1) is 0 Å². The Hall–Kier alpha value is -2.17. The van der Waals surface area contributed by atoms with E-state index in [9.17, 15) is 5.11 Å². The first-order valence-corrected chi connectivity index (χ1v) is 8.51. The normalized spacial score (nSPS) is 18.0. The van der Waals surface area contributed by atoms with Crippen LogP contribution in [0.25, 0.3) is 11.1 Å². The van der Waals surface area contributed by atoms with E-state index < -0.39 is 0 Å². The third kappa shape index (κ3) is 2.83. The van der Waals surface area contributed by atoms with E-state index in [1.165, 1.54) is 5.56 Å². The van der Waals surface area contributed by atoms with E-state index in [0.29, 0.717) is 5.71 Å². The molecule has 1 aromatic carbocycles. The summed E-state index contributed by atoms with van der Waals surface area (Å²) < 4.78 is 5.83. The molecule has 1 aliphatic rings. The van der Waals surface area contributed by atoms with E-state index in [2.05, 4.69) is 40.2 Å². The monoisotopic (exact) mass is 322 g/mol. The zero-order valence-corrected chi connectivity index (χ0v) is 13.7. The van der Waals surface area contributed by atoms with E-state index in [1.807, 2.05) is 18.2 Å². The van der Waals surface area contributed by atoms with Crippen LogP contribution in [0.4, 0.5) is 0 Å². The highest BCUT2D eigenvalue weighted by Crippen LogP contribution is 2.35. The number of aliphatic hydroxyl groups is 1. The predicted molar refractivity (Wildman–Crippen MR) is 93.7 cm³/mol. The minimum absolute atomic E-state index is 0.104. The molecule has 0 unspecified atom stereocenters. The molecule has 2 aromatic heterocycles. The molecule has 1 aliphatic heterocycles. The first kappa shape index (κ1) is 15.4.